The summed E-state index contributed by atoms with van der Waals surface area (Å²) >= 11 is 0. The zero-order chi connectivity index (χ0) is 21.6. The topological polar surface area (TPSA) is 54.4 Å². The van der Waals surface area contributed by atoms with Gasteiger partial charge in [-0.15, -0.1) is 0 Å². The summed E-state index contributed by atoms with van der Waals surface area (Å²) in [6.45, 7) is 4.43. The smallest absolute Gasteiger partial charge is 0.314 e. The maximum atomic E-state index is 12.2. The predicted octanol–water partition coefficient (Wildman–Crippen LogP) is 8.49. The van der Waals surface area contributed by atoms with Gasteiger partial charge in [-0.2, -0.15) is 0 Å². The van der Waals surface area contributed by atoms with E-state index in [0.29, 0.717) is 12.8 Å². The summed E-state index contributed by atoms with van der Waals surface area (Å²) in [4.78, 5) is 23.6. The lowest BCUT2D eigenvalue weighted by atomic mass is 9.93. The third-order valence-corrected chi connectivity index (χ3v) is 6.06. The highest BCUT2D eigenvalue weighted by Crippen LogP contribution is 2.18. The summed E-state index contributed by atoms with van der Waals surface area (Å²) in [5.74, 6) is -1.74. The normalized spacial score (nSPS) is 12.2. The lowest BCUT2D eigenvalue weighted by molar-refractivity contribution is -0.146. The van der Waals surface area contributed by atoms with Gasteiger partial charge in [0.2, 0.25) is 0 Å². The number of carbonyl (C=O) groups excluding carboxylic acids is 1. The fourth-order valence-corrected chi connectivity index (χ4v) is 4.04. The summed E-state index contributed by atoms with van der Waals surface area (Å²) < 4.78 is 0. The molecule has 0 spiro atoms. The largest absolute Gasteiger partial charge is 0.481 e. The van der Waals surface area contributed by atoms with Crippen LogP contribution in [0.25, 0.3) is 0 Å². The molecule has 0 bridgehead atoms. The van der Waals surface area contributed by atoms with E-state index in [1.807, 2.05) is 0 Å². The lowest BCUT2D eigenvalue weighted by Gasteiger charge is -2.11. The Bertz CT molecular complexity index is 378. The number of carbonyl (C=O) groups is 2. The first-order valence-corrected chi connectivity index (χ1v) is 12.9. The molecule has 0 aromatic carbocycles. The standard InChI is InChI=1S/C26H50O3/c1-3-5-7-9-10-11-12-13-14-15-16-17-19-20-22-24(26(28)29)25(27)23-21-18-8-6-4-2/h24H,3-23H2,1-2H3,(H,28,29). The van der Waals surface area contributed by atoms with Crippen LogP contribution in [-0.4, -0.2) is 16.9 Å². The minimum absolute atomic E-state index is 0.0521. The van der Waals surface area contributed by atoms with Gasteiger partial charge in [-0.1, -0.05) is 129 Å². The molecule has 0 rings (SSSR count). The molecule has 0 saturated carbocycles. The van der Waals surface area contributed by atoms with Crippen molar-refractivity contribution in [2.75, 3.05) is 0 Å². The van der Waals surface area contributed by atoms with Crippen molar-refractivity contribution < 1.29 is 14.7 Å². The summed E-state index contributed by atoms with van der Waals surface area (Å²) in [6, 6.07) is 0. The monoisotopic (exact) mass is 410 g/mol. The Labute approximate surface area is 181 Å². The molecule has 29 heavy (non-hydrogen) atoms. The van der Waals surface area contributed by atoms with Crippen molar-refractivity contribution >= 4 is 11.8 Å². The zero-order valence-corrected chi connectivity index (χ0v) is 19.7. The Morgan fingerprint density at radius 2 is 0.897 bits per heavy atom. The average Bonchev–Trinajstić information content (AvgIpc) is 2.70. The molecule has 0 aliphatic rings. The predicted molar refractivity (Wildman–Crippen MR) is 124 cm³/mol. The molecular formula is C26H50O3. The number of rotatable bonds is 23. The minimum atomic E-state index is -0.918. The maximum absolute atomic E-state index is 12.2. The molecule has 1 N–H and O–H groups in total. The second-order valence-electron chi connectivity index (χ2n) is 8.91. The molecule has 3 heteroatoms. The number of carboxylic acids is 1. The average molecular weight is 411 g/mol. The Hall–Kier alpha value is -0.860. The van der Waals surface area contributed by atoms with E-state index in [1.165, 1.54) is 89.9 Å². The van der Waals surface area contributed by atoms with E-state index in [2.05, 4.69) is 13.8 Å². The molecule has 0 radical (unpaired) electrons. The van der Waals surface area contributed by atoms with E-state index in [-0.39, 0.29) is 5.78 Å². The fraction of sp³-hybridized carbons (Fsp3) is 0.923. The van der Waals surface area contributed by atoms with E-state index < -0.39 is 11.9 Å². The van der Waals surface area contributed by atoms with Gasteiger partial charge in [0.15, 0.2) is 0 Å². The number of unbranched alkanes of at least 4 members (excludes halogenated alkanes) is 17. The number of aliphatic carboxylic acids is 1. The molecule has 1 unspecified atom stereocenters. The Kier molecular flexibility index (Phi) is 21.2. The Morgan fingerprint density at radius 3 is 1.28 bits per heavy atom. The molecule has 0 aromatic heterocycles. The minimum Gasteiger partial charge on any atom is -0.481 e. The van der Waals surface area contributed by atoms with Crippen molar-refractivity contribution in [3.8, 4) is 0 Å². The van der Waals surface area contributed by atoms with Gasteiger partial charge in [-0.3, -0.25) is 9.59 Å². The van der Waals surface area contributed by atoms with E-state index in [9.17, 15) is 14.7 Å². The Balaban J connectivity index is 3.55. The van der Waals surface area contributed by atoms with E-state index in [1.54, 1.807) is 0 Å². The van der Waals surface area contributed by atoms with Crippen LogP contribution < -0.4 is 0 Å². The first kappa shape index (κ1) is 28.1. The van der Waals surface area contributed by atoms with Crippen LogP contribution in [-0.2, 0) is 9.59 Å². The second-order valence-corrected chi connectivity index (χ2v) is 8.91. The number of carboxylic acid groups (broad SMARTS) is 1. The van der Waals surface area contributed by atoms with Gasteiger partial charge in [0.1, 0.15) is 11.7 Å². The highest BCUT2D eigenvalue weighted by Gasteiger charge is 2.24. The molecule has 0 fully saturated rings. The summed E-state index contributed by atoms with van der Waals surface area (Å²) in [5, 5.41) is 9.37. The van der Waals surface area contributed by atoms with Gasteiger partial charge in [0, 0.05) is 6.42 Å². The van der Waals surface area contributed by atoms with Crippen molar-refractivity contribution in [3.63, 3.8) is 0 Å². The van der Waals surface area contributed by atoms with Crippen LogP contribution in [0.5, 0.6) is 0 Å². The van der Waals surface area contributed by atoms with Gasteiger partial charge in [-0.05, 0) is 12.8 Å². The lowest BCUT2D eigenvalue weighted by Crippen LogP contribution is -2.23. The number of hydrogen-bond donors (Lipinski definition) is 1. The van der Waals surface area contributed by atoms with Gasteiger partial charge in [0.05, 0.1) is 0 Å². The number of hydrogen-bond acceptors (Lipinski definition) is 2. The molecule has 0 amide bonds. The SMILES string of the molecule is CCCCCCCCCCCCCCCCC(C(=O)O)C(=O)CCCCCCC. The molecule has 3 nitrogen and oxygen atoms in total. The summed E-state index contributed by atoms with van der Waals surface area (Å²) in [5.41, 5.74) is 0. The highest BCUT2D eigenvalue weighted by atomic mass is 16.4. The van der Waals surface area contributed by atoms with E-state index >= 15 is 0 Å². The third kappa shape index (κ3) is 18.9. The second kappa shape index (κ2) is 21.8. The third-order valence-electron chi connectivity index (χ3n) is 6.06. The molecular weight excluding hydrogens is 360 g/mol. The number of Topliss-reactive ketones (excluding diaryl/α,β-unsaturated/α-hetero) is 1. The quantitative estimate of drug-likeness (QED) is 0.136. The van der Waals surface area contributed by atoms with Crippen LogP contribution in [0.15, 0.2) is 0 Å². The van der Waals surface area contributed by atoms with Crippen LogP contribution in [0.1, 0.15) is 149 Å². The molecule has 172 valence electrons. The van der Waals surface area contributed by atoms with Crippen molar-refractivity contribution in [1.29, 1.82) is 0 Å². The van der Waals surface area contributed by atoms with Crippen LogP contribution in [0.2, 0.25) is 0 Å². The van der Waals surface area contributed by atoms with Gasteiger partial charge >= 0.3 is 5.97 Å². The maximum Gasteiger partial charge on any atom is 0.314 e. The van der Waals surface area contributed by atoms with Crippen LogP contribution in [0.3, 0.4) is 0 Å². The first-order valence-electron chi connectivity index (χ1n) is 12.9. The van der Waals surface area contributed by atoms with Gasteiger partial charge < -0.3 is 5.11 Å². The van der Waals surface area contributed by atoms with Gasteiger partial charge in [0.25, 0.3) is 0 Å². The van der Waals surface area contributed by atoms with Crippen molar-refractivity contribution in [3.05, 3.63) is 0 Å². The molecule has 0 saturated heterocycles. The number of ketones is 1. The molecule has 0 aromatic rings. The fourth-order valence-electron chi connectivity index (χ4n) is 4.04. The van der Waals surface area contributed by atoms with Crippen LogP contribution >= 0.6 is 0 Å². The molecule has 1 atom stereocenters. The highest BCUT2D eigenvalue weighted by molar-refractivity contribution is 5.98. The van der Waals surface area contributed by atoms with Crippen molar-refractivity contribution in [1.82, 2.24) is 0 Å². The summed E-state index contributed by atoms with van der Waals surface area (Å²) in [7, 11) is 0. The summed E-state index contributed by atoms with van der Waals surface area (Å²) in [6.07, 6.45) is 24.5. The first-order chi connectivity index (χ1) is 14.1. The molecule has 0 aliphatic carbocycles. The van der Waals surface area contributed by atoms with Crippen LogP contribution in [0, 0.1) is 5.92 Å². The molecule has 0 heterocycles. The van der Waals surface area contributed by atoms with Crippen molar-refractivity contribution in [2.45, 2.75) is 149 Å². The van der Waals surface area contributed by atoms with Gasteiger partial charge in [-0.25, -0.2) is 0 Å². The van der Waals surface area contributed by atoms with E-state index in [4.69, 9.17) is 0 Å². The van der Waals surface area contributed by atoms with Crippen molar-refractivity contribution in [2.24, 2.45) is 5.92 Å². The van der Waals surface area contributed by atoms with Crippen LogP contribution in [0.4, 0.5) is 0 Å². The van der Waals surface area contributed by atoms with E-state index in [0.717, 1.165) is 32.1 Å². The Morgan fingerprint density at radius 1 is 0.552 bits per heavy atom. The zero-order valence-electron chi connectivity index (χ0n) is 19.7. The molecule has 0 aliphatic heterocycles.